The molecule has 1 saturated heterocycles. The first-order chi connectivity index (χ1) is 7.47. The van der Waals surface area contributed by atoms with Crippen LogP contribution in [0, 0.1) is 17.3 Å². The van der Waals surface area contributed by atoms with Gasteiger partial charge in [-0.05, 0) is 29.9 Å². The average molecular weight is 222 g/mol. The molecule has 0 saturated carbocycles. The smallest absolute Gasteiger partial charge is 0.214 e. The van der Waals surface area contributed by atoms with Gasteiger partial charge in [0.05, 0.1) is 0 Å². The molecule has 2 rings (SSSR count). The quantitative estimate of drug-likeness (QED) is 0.679. The van der Waals surface area contributed by atoms with Gasteiger partial charge in [0.2, 0.25) is 5.95 Å². The number of halogens is 1. The van der Waals surface area contributed by atoms with Crippen LogP contribution in [-0.4, -0.2) is 18.1 Å². The molecule has 16 heavy (non-hydrogen) atoms. The Morgan fingerprint density at radius 3 is 2.69 bits per heavy atom. The molecular weight excluding hydrogens is 203 g/mol. The third kappa shape index (κ3) is 2.34. The number of anilines is 1. The Labute approximate surface area is 96.5 Å². The summed E-state index contributed by atoms with van der Waals surface area (Å²) in [6.45, 7) is 8.76. The van der Waals surface area contributed by atoms with Gasteiger partial charge in [-0.2, -0.15) is 4.39 Å². The molecule has 0 aliphatic carbocycles. The van der Waals surface area contributed by atoms with Crippen molar-refractivity contribution < 1.29 is 4.39 Å². The maximum atomic E-state index is 13.0. The highest BCUT2D eigenvalue weighted by atomic mass is 19.1. The molecule has 0 bridgehead atoms. The summed E-state index contributed by atoms with van der Waals surface area (Å²) in [6, 6.07) is 5.00. The van der Waals surface area contributed by atoms with Crippen LogP contribution in [0.4, 0.5) is 10.2 Å². The average Bonchev–Trinajstić information content (AvgIpc) is 2.65. The van der Waals surface area contributed by atoms with Gasteiger partial charge >= 0.3 is 0 Å². The minimum atomic E-state index is -0.392. The second kappa shape index (κ2) is 4.04. The number of nitrogens with zero attached hydrogens (tertiary/aromatic N) is 2. The van der Waals surface area contributed by atoms with Gasteiger partial charge in [0.1, 0.15) is 5.82 Å². The van der Waals surface area contributed by atoms with Gasteiger partial charge in [-0.3, -0.25) is 0 Å². The summed E-state index contributed by atoms with van der Waals surface area (Å²) in [5, 5.41) is 0. The molecule has 1 fully saturated rings. The number of hydrogen-bond acceptors (Lipinski definition) is 2. The second-order valence-electron chi connectivity index (χ2n) is 5.62. The summed E-state index contributed by atoms with van der Waals surface area (Å²) in [7, 11) is 0. The van der Waals surface area contributed by atoms with Crippen LogP contribution in [0.2, 0.25) is 0 Å². The van der Waals surface area contributed by atoms with Crippen molar-refractivity contribution in [1.29, 1.82) is 0 Å². The fraction of sp³-hybridized carbons (Fsp3) is 0.615. The zero-order valence-electron chi connectivity index (χ0n) is 10.2. The predicted octanol–water partition coefficient (Wildman–Crippen LogP) is 3.09. The first kappa shape index (κ1) is 11.4. The van der Waals surface area contributed by atoms with Gasteiger partial charge in [0, 0.05) is 13.1 Å². The lowest BCUT2D eigenvalue weighted by molar-refractivity contribution is 0.263. The van der Waals surface area contributed by atoms with Crippen molar-refractivity contribution in [1.82, 2.24) is 4.98 Å². The van der Waals surface area contributed by atoms with E-state index >= 15 is 0 Å². The summed E-state index contributed by atoms with van der Waals surface area (Å²) >= 11 is 0. The molecule has 1 aromatic heterocycles. The number of rotatable bonds is 1. The van der Waals surface area contributed by atoms with Crippen LogP contribution in [-0.2, 0) is 0 Å². The molecule has 1 aliphatic heterocycles. The monoisotopic (exact) mass is 222 g/mol. The summed E-state index contributed by atoms with van der Waals surface area (Å²) < 4.78 is 13.0. The summed E-state index contributed by atoms with van der Waals surface area (Å²) in [6.07, 6.45) is 1.17. The maximum Gasteiger partial charge on any atom is 0.214 e. The molecule has 2 nitrogen and oxygen atoms in total. The van der Waals surface area contributed by atoms with Crippen molar-refractivity contribution >= 4 is 5.82 Å². The molecule has 0 spiro atoms. The minimum absolute atomic E-state index is 0.322. The molecule has 0 N–H and O–H groups in total. The summed E-state index contributed by atoms with van der Waals surface area (Å²) in [4.78, 5) is 6.11. The van der Waals surface area contributed by atoms with Crippen LogP contribution in [0.15, 0.2) is 18.2 Å². The molecule has 1 atom stereocenters. The Morgan fingerprint density at radius 2 is 2.12 bits per heavy atom. The van der Waals surface area contributed by atoms with Gasteiger partial charge in [-0.1, -0.05) is 26.8 Å². The highest BCUT2D eigenvalue weighted by Gasteiger charge is 2.32. The fourth-order valence-corrected chi connectivity index (χ4v) is 2.25. The maximum absolute atomic E-state index is 13.0. The molecule has 0 radical (unpaired) electrons. The topological polar surface area (TPSA) is 16.1 Å². The van der Waals surface area contributed by atoms with Crippen molar-refractivity contribution in [3.63, 3.8) is 0 Å². The van der Waals surface area contributed by atoms with E-state index in [-0.39, 0.29) is 0 Å². The van der Waals surface area contributed by atoms with E-state index in [1.165, 1.54) is 12.5 Å². The Balaban J connectivity index is 2.09. The first-order valence-electron chi connectivity index (χ1n) is 5.84. The van der Waals surface area contributed by atoms with Crippen LogP contribution in [0.1, 0.15) is 27.2 Å². The Bertz CT molecular complexity index is 370. The zero-order valence-corrected chi connectivity index (χ0v) is 10.2. The van der Waals surface area contributed by atoms with E-state index in [0.717, 1.165) is 18.9 Å². The van der Waals surface area contributed by atoms with Crippen molar-refractivity contribution in [2.45, 2.75) is 27.2 Å². The lowest BCUT2D eigenvalue weighted by Gasteiger charge is -2.27. The molecule has 3 heteroatoms. The molecular formula is C13H19FN2. The normalized spacial score (nSPS) is 21.5. The van der Waals surface area contributed by atoms with E-state index in [1.807, 2.05) is 6.07 Å². The predicted molar refractivity (Wildman–Crippen MR) is 64.0 cm³/mol. The summed E-state index contributed by atoms with van der Waals surface area (Å²) in [5.74, 6) is 1.04. The summed E-state index contributed by atoms with van der Waals surface area (Å²) in [5.41, 5.74) is 0.322. The minimum Gasteiger partial charge on any atom is -0.356 e. The molecule has 1 unspecified atom stereocenters. The van der Waals surface area contributed by atoms with E-state index in [1.54, 1.807) is 6.07 Å². The van der Waals surface area contributed by atoms with E-state index in [0.29, 0.717) is 11.3 Å². The molecule has 0 amide bonds. The van der Waals surface area contributed by atoms with Gasteiger partial charge in [-0.15, -0.1) is 0 Å². The standard InChI is InChI=1S/C13H19FN2/c1-13(2,3)10-7-8-16(9-10)12-6-4-5-11(14)15-12/h4-6,10H,7-9H2,1-3H3. The van der Waals surface area contributed by atoms with Gasteiger partial charge in [0.15, 0.2) is 0 Å². The van der Waals surface area contributed by atoms with Crippen LogP contribution in [0.5, 0.6) is 0 Å². The lowest BCUT2D eigenvalue weighted by Crippen LogP contribution is -2.26. The van der Waals surface area contributed by atoms with Crippen LogP contribution < -0.4 is 4.90 Å². The third-order valence-electron chi connectivity index (χ3n) is 3.44. The van der Waals surface area contributed by atoms with E-state index < -0.39 is 5.95 Å². The SMILES string of the molecule is CC(C)(C)C1CCN(c2cccc(F)n2)C1. The van der Waals surface area contributed by atoms with E-state index in [2.05, 4.69) is 30.7 Å². The van der Waals surface area contributed by atoms with Gasteiger partial charge < -0.3 is 4.90 Å². The zero-order chi connectivity index (χ0) is 11.8. The van der Waals surface area contributed by atoms with Crippen molar-refractivity contribution in [3.05, 3.63) is 24.1 Å². The van der Waals surface area contributed by atoms with Crippen LogP contribution in [0.3, 0.4) is 0 Å². The Kier molecular flexibility index (Phi) is 2.87. The molecule has 1 aromatic rings. The Morgan fingerprint density at radius 1 is 1.38 bits per heavy atom. The van der Waals surface area contributed by atoms with E-state index in [4.69, 9.17) is 0 Å². The lowest BCUT2D eigenvalue weighted by atomic mass is 9.80. The Hall–Kier alpha value is -1.12. The van der Waals surface area contributed by atoms with Crippen molar-refractivity contribution in [2.75, 3.05) is 18.0 Å². The fourth-order valence-electron chi connectivity index (χ4n) is 2.25. The van der Waals surface area contributed by atoms with Crippen LogP contribution >= 0.6 is 0 Å². The largest absolute Gasteiger partial charge is 0.356 e. The van der Waals surface area contributed by atoms with Crippen LogP contribution in [0.25, 0.3) is 0 Å². The number of pyridine rings is 1. The highest BCUT2D eigenvalue weighted by molar-refractivity contribution is 5.39. The molecule has 2 heterocycles. The van der Waals surface area contributed by atoms with Gasteiger partial charge in [-0.25, -0.2) is 4.98 Å². The molecule has 0 aromatic carbocycles. The second-order valence-corrected chi connectivity index (χ2v) is 5.62. The molecule has 88 valence electrons. The first-order valence-corrected chi connectivity index (χ1v) is 5.84. The third-order valence-corrected chi connectivity index (χ3v) is 3.44. The molecule has 1 aliphatic rings. The number of aromatic nitrogens is 1. The van der Waals surface area contributed by atoms with Crippen molar-refractivity contribution in [2.24, 2.45) is 11.3 Å². The van der Waals surface area contributed by atoms with E-state index in [9.17, 15) is 4.39 Å². The van der Waals surface area contributed by atoms with Gasteiger partial charge in [0.25, 0.3) is 0 Å². The van der Waals surface area contributed by atoms with Crippen molar-refractivity contribution in [3.8, 4) is 0 Å². The number of hydrogen-bond donors (Lipinski definition) is 0. The highest BCUT2D eigenvalue weighted by Crippen LogP contribution is 2.34.